The van der Waals surface area contributed by atoms with Crippen molar-refractivity contribution in [2.75, 3.05) is 5.32 Å². The van der Waals surface area contributed by atoms with Gasteiger partial charge in [-0.2, -0.15) is 0 Å². The highest BCUT2D eigenvalue weighted by Crippen LogP contribution is 2.27. The number of carbonyl (C=O) groups is 2. The van der Waals surface area contributed by atoms with Crippen molar-refractivity contribution in [3.63, 3.8) is 0 Å². The molecule has 7 nitrogen and oxygen atoms in total. The van der Waals surface area contributed by atoms with Crippen LogP contribution in [0.25, 0.3) is 21.6 Å². The van der Waals surface area contributed by atoms with Gasteiger partial charge in [-0.05, 0) is 31.0 Å². The maximum atomic E-state index is 13.5. The van der Waals surface area contributed by atoms with Crippen molar-refractivity contribution in [1.29, 1.82) is 0 Å². The van der Waals surface area contributed by atoms with Crippen LogP contribution in [0.15, 0.2) is 64.8 Å². The molecule has 0 aliphatic carbocycles. The Kier molecular flexibility index (Phi) is 5.87. The lowest BCUT2D eigenvalue weighted by atomic mass is 10.1. The number of thiophene rings is 1. The third-order valence-corrected chi connectivity index (χ3v) is 6.17. The van der Waals surface area contributed by atoms with Crippen molar-refractivity contribution in [2.24, 2.45) is 0 Å². The van der Waals surface area contributed by atoms with E-state index in [4.69, 9.17) is 0 Å². The molecular weight excluding hydrogens is 426 g/mol. The SMILES string of the molecule is CCc1ccc(NC(=O)C(C)n2c(-c3ccccc3)nc3scc(C(=O)O)c3c2=O)cc1. The van der Waals surface area contributed by atoms with Crippen LogP contribution in [0, 0.1) is 0 Å². The van der Waals surface area contributed by atoms with Gasteiger partial charge in [0, 0.05) is 16.6 Å². The Morgan fingerprint density at radius 1 is 1.12 bits per heavy atom. The van der Waals surface area contributed by atoms with Gasteiger partial charge >= 0.3 is 5.97 Å². The zero-order valence-corrected chi connectivity index (χ0v) is 18.3. The minimum atomic E-state index is -1.21. The van der Waals surface area contributed by atoms with E-state index in [0.717, 1.165) is 23.3 Å². The predicted octanol–water partition coefficient (Wildman–Crippen LogP) is 4.59. The van der Waals surface area contributed by atoms with Crippen molar-refractivity contribution >= 4 is 39.1 Å². The van der Waals surface area contributed by atoms with Crippen LogP contribution in [0.3, 0.4) is 0 Å². The smallest absolute Gasteiger partial charge is 0.337 e. The summed E-state index contributed by atoms with van der Waals surface area (Å²) in [4.78, 5) is 43.1. The maximum Gasteiger partial charge on any atom is 0.337 e. The lowest BCUT2D eigenvalue weighted by Crippen LogP contribution is -2.33. The first-order chi connectivity index (χ1) is 15.4. The Bertz CT molecular complexity index is 1360. The molecule has 0 fully saturated rings. The molecule has 4 aromatic rings. The third-order valence-electron chi connectivity index (χ3n) is 5.30. The topological polar surface area (TPSA) is 101 Å². The number of amides is 1. The molecule has 0 radical (unpaired) electrons. The lowest BCUT2D eigenvalue weighted by molar-refractivity contribution is -0.118. The number of aromatic carboxylic acids is 1. The Balaban J connectivity index is 1.83. The first-order valence-corrected chi connectivity index (χ1v) is 11.0. The van der Waals surface area contributed by atoms with Crippen LogP contribution in [-0.4, -0.2) is 26.5 Å². The van der Waals surface area contributed by atoms with Gasteiger partial charge < -0.3 is 10.4 Å². The highest BCUT2D eigenvalue weighted by Gasteiger charge is 2.26. The first-order valence-electron chi connectivity index (χ1n) is 10.1. The molecular formula is C24H21N3O4S. The zero-order chi connectivity index (χ0) is 22.8. The number of benzene rings is 2. The molecule has 1 atom stereocenters. The molecule has 0 aliphatic heterocycles. The molecule has 1 amide bonds. The average Bonchev–Trinajstić information content (AvgIpc) is 3.24. The number of nitrogens with zero attached hydrogens (tertiary/aromatic N) is 2. The number of fused-ring (bicyclic) bond motifs is 1. The fraction of sp³-hybridized carbons (Fsp3) is 0.167. The summed E-state index contributed by atoms with van der Waals surface area (Å²) in [7, 11) is 0. The third kappa shape index (κ3) is 3.92. The van der Waals surface area contributed by atoms with Gasteiger partial charge in [0.1, 0.15) is 16.7 Å². The summed E-state index contributed by atoms with van der Waals surface area (Å²) in [5.74, 6) is -1.30. The maximum absolute atomic E-state index is 13.5. The summed E-state index contributed by atoms with van der Waals surface area (Å²) in [6.07, 6.45) is 0.888. The Labute approximate surface area is 188 Å². The second-order valence-corrected chi connectivity index (χ2v) is 8.19. The van der Waals surface area contributed by atoms with Crippen molar-refractivity contribution in [3.8, 4) is 11.4 Å². The van der Waals surface area contributed by atoms with Gasteiger partial charge in [0.2, 0.25) is 5.91 Å². The summed E-state index contributed by atoms with van der Waals surface area (Å²) in [6.45, 7) is 3.65. The molecule has 32 heavy (non-hydrogen) atoms. The summed E-state index contributed by atoms with van der Waals surface area (Å²) < 4.78 is 1.27. The van der Waals surface area contributed by atoms with Gasteiger partial charge in [-0.3, -0.25) is 14.2 Å². The summed E-state index contributed by atoms with van der Waals surface area (Å²) in [5, 5.41) is 13.8. The summed E-state index contributed by atoms with van der Waals surface area (Å²) >= 11 is 1.09. The van der Waals surface area contributed by atoms with Crippen LogP contribution >= 0.6 is 11.3 Å². The minimum absolute atomic E-state index is 0.00845. The van der Waals surface area contributed by atoms with Gasteiger partial charge in [-0.15, -0.1) is 11.3 Å². The predicted molar refractivity (Wildman–Crippen MR) is 125 cm³/mol. The fourth-order valence-corrected chi connectivity index (χ4v) is 4.40. The van der Waals surface area contributed by atoms with Crippen LogP contribution in [0.1, 0.15) is 35.8 Å². The number of nitrogens with one attached hydrogen (secondary N) is 1. The van der Waals surface area contributed by atoms with Crippen molar-refractivity contribution in [1.82, 2.24) is 9.55 Å². The van der Waals surface area contributed by atoms with Gasteiger partial charge in [-0.1, -0.05) is 49.4 Å². The number of aromatic nitrogens is 2. The molecule has 2 heterocycles. The van der Waals surface area contributed by atoms with E-state index < -0.39 is 23.5 Å². The van der Waals surface area contributed by atoms with E-state index in [1.807, 2.05) is 49.4 Å². The quantitative estimate of drug-likeness (QED) is 0.450. The zero-order valence-electron chi connectivity index (χ0n) is 17.5. The normalized spacial score (nSPS) is 11.9. The fourth-order valence-electron chi connectivity index (χ4n) is 3.50. The summed E-state index contributed by atoms with van der Waals surface area (Å²) in [6, 6.07) is 15.6. The monoisotopic (exact) mass is 447 g/mol. The number of carboxylic acids is 1. The van der Waals surface area contributed by atoms with Gasteiger partial charge in [0.25, 0.3) is 5.56 Å². The van der Waals surface area contributed by atoms with Crippen LogP contribution in [0.4, 0.5) is 5.69 Å². The Morgan fingerprint density at radius 2 is 1.81 bits per heavy atom. The van der Waals surface area contributed by atoms with E-state index in [0.29, 0.717) is 21.9 Å². The first kappa shape index (κ1) is 21.5. The number of rotatable bonds is 6. The van der Waals surface area contributed by atoms with Gasteiger partial charge in [-0.25, -0.2) is 9.78 Å². The van der Waals surface area contributed by atoms with Crippen LogP contribution in [0.5, 0.6) is 0 Å². The molecule has 2 aromatic heterocycles. The number of carboxylic acid groups (broad SMARTS) is 1. The van der Waals surface area contributed by atoms with E-state index in [-0.39, 0.29) is 10.9 Å². The highest BCUT2D eigenvalue weighted by atomic mass is 32.1. The molecule has 4 rings (SSSR count). The molecule has 1 unspecified atom stereocenters. The van der Waals surface area contributed by atoms with Gasteiger partial charge in [0.15, 0.2) is 0 Å². The highest BCUT2D eigenvalue weighted by molar-refractivity contribution is 7.17. The van der Waals surface area contributed by atoms with Crippen molar-refractivity contribution < 1.29 is 14.7 Å². The van der Waals surface area contributed by atoms with E-state index in [9.17, 15) is 19.5 Å². The van der Waals surface area contributed by atoms with Crippen LogP contribution in [0.2, 0.25) is 0 Å². The number of aryl methyl sites for hydroxylation is 1. The molecule has 162 valence electrons. The largest absolute Gasteiger partial charge is 0.478 e. The van der Waals surface area contributed by atoms with E-state index in [1.54, 1.807) is 19.1 Å². The molecule has 8 heteroatoms. The molecule has 0 saturated carbocycles. The van der Waals surface area contributed by atoms with Crippen molar-refractivity contribution in [2.45, 2.75) is 26.3 Å². The van der Waals surface area contributed by atoms with E-state index in [2.05, 4.69) is 10.3 Å². The molecule has 0 bridgehead atoms. The lowest BCUT2D eigenvalue weighted by Gasteiger charge is -2.19. The standard InChI is InChI=1S/C24H21N3O4S/c1-3-15-9-11-17(12-10-15)25-21(28)14(2)27-20(16-7-5-4-6-8-16)26-22-19(23(27)29)18(13-32-22)24(30)31/h4-14H,3H2,1-2H3,(H,25,28)(H,30,31). The second kappa shape index (κ2) is 8.76. The Morgan fingerprint density at radius 3 is 2.44 bits per heavy atom. The minimum Gasteiger partial charge on any atom is -0.478 e. The molecule has 2 N–H and O–H groups in total. The molecule has 0 aliphatic rings. The van der Waals surface area contributed by atoms with Crippen LogP contribution in [-0.2, 0) is 11.2 Å². The van der Waals surface area contributed by atoms with Crippen molar-refractivity contribution in [3.05, 3.63) is 81.5 Å². The van der Waals surface area contributed by atoms with Crippen LogP contribution < -0.4 is 10.9 Å². The summed E-state index contributed by atoms with van der Waals surface area (Å²) in [5.41, 5.74) is 1.75. The number of anilines is 1. The molecule has 2 aromatic carbocycles. The molecule has 0 saturated heterocycles. The molecule has 0 spiro atoms. The van der Waals surface area contributed by atoms with E-state index >= 15 is 0 Å². The number of hydrogen-bond donors (Lipinski definition) is 2. The number of carbonyl (C=O) groups excluding carboxylic acids is 1. The van der Waals surface area contributed by atoms with E-state index in [1.165, 1.54) is 9.95 Å². The van der Waals surface area contributed by atoms with Gasteiger partial charge in [0.05, 0.1) is 10.9 Å². The average molecular weight is 448 g/mol. The number of hydrogen-bond acceptors (Lipinski definition) is 5. The second-order valence-electron chi connectivity index (χ2n) is 7.33. The Hall–Kier alpha value is -3.78.